The number of H-pyrrole nitrogens is 1. The van der Waals surface area contributed by atoms with Crippen LogP contribution in [0, 0.1) is 12.3 Å². The highest BCUT2D eigenvalue weighted by molar-refractivity contribution is 5.92. The molecule has 0 aliphatic heterocycles. The predicted molar refractivity (Wildman–Crippen MR) is 65.0 cm³/mol. The third-order valence-electron chi connectivity index (χ3n) is 3.15. The summed E-state index contributed by atoms with van der Waals surface area (Å²) in [6.45, 7) is 5.24. The SMILES string of the molecule is CCC(CC)(CC(=O)Nc1n[nH]c(C)n1)C(=O)O. The molecule has 0 bridgehead atoms. The molecule has 0 aliphatic rings. The fraction of sp³-hybridized carbons (Fsp3) is 0.636. The quantitative estimate of drug-likeness (QED) is 0.709. The summed E-state index contributed by atoms with van der Waals surface area (Å²) in [6.07, 6.45) is 0.724. The molecule has 0 spiro atoms. The smallest absolute Gasteiger partial charge is 0.310 e. The van der Waals surface area contributed by atoms with Crippen molar-refractivity contribution in [3.63, 3.8) is 0 Å². The number of carbonyl (C=O) groups is 2. The zero-order valence-electron chi connectivity index (χ0n) is 10.8. The van der Waals surface area contributed by atoms with E-state index >= 15 is 0 Å². The van der Waals surface area contributed by atoms with Gasteiger partial charge in [-0.3, -0.25) is 20.0 Å². The van der Waals surface area contributed by atoms with Gasteiger partial charge in [-0.15, -0.1) is 5.10 Å². The molecular weight excluding hydrogens is 236 g/mol. The lowest BCUT2D eigenvalue weighted by molar-refractivity contribution is -0.151. The predicted octanol–water partition coefficient (Wildman–Crippen LogP) is 1.33. The van der Waals surface area contributed by atoms with Crippen LogP contribution in [0.4, 0.5) is 5.95 Å². The van der Waals surface area contributed by atoms with Crippen molar-refractivity contribution in [3.8, 4) is 0 Å². The van der Waals surface area contributed by atoms with Crippen molar-refractivity contribution in [1.29, 1.82) is 0 Å². The molecule has 0 aliphatic carbocycles. The van der Waals surface area contributed by atoms with Crippen LogP contribution >= 0.6 is 0 Å². The lowest BCUT2D eigenvalue weighted by atomic mass is 9.79. The van der Waals surface area contributed by atoms with Crippen LogP contribution in [0.1, 0.15) is 38.9 Å². The molecule has 0 saturated heterocycles. The Morgan fingerprint density at radius 2 is 2.00 bits per heavy atom. The standard InChI is InChI=1S/C11H18N4O3/c1-4-11(5-2,9(17)18)6-8(16)13-10-12-7(3)14-15-10/h4-6H2,1-3H3,(H,17,18)(H2,12,13,14,15,16). The Kier molecular flexibility index (Phi) is 4.41. The van der Waals surface area contributed by atoms with Crippen LogP contribution in [0.2, 0.25) is 0 Å². The summed E-state index contributed by atoms with van der Waals surface area (Å²) in [5.74, 6) is -0.585. The fourth-order valence-corrected chi connectivity index (χ4v) is 1.75. The van der Waals surface area contributed by atoms with E-state index in [1.165, 1.54) is 0 Å². The van der Waals surface area contributed by atoms with E-state index in [0.717, 1.165) is 0 Å². The number of anilines is 1. The van der Waals surface area contributed by atoms with Gasteiger partial charge in [0.2, 0.25) is 11.9 Å². The molecule has 0 fully saturated rings. The zero-order chi connectivity index (χ0) is 13.8. The van der Waals surface area contributed by atoms with E-state index in [1.54, 1.807) is 20.8 Å². The molecule has 7 heteroatoms. The lowest BCUT2D eigenvalue weighted by Gasteiger charge is -2.25. The number of aromatic amines is 1. The summed E-state index contributed by atoms with van der Waals surface area (Å²) in [4.78, 5) is 27.0. The summed E-state index contributed by atoms with van der Waals surface area (Å²) in [5.41, 5.74) is -1.02. The molecule has 7 nitrogen and oxygen atoms in total. The Bertz CT molecular complexity index is 437. The minimum Gasteiger partial charge on any atom is -0.481 e. The van der Waals surface area contributed by atoms with Crippen LogP contribution in [-0.4, -0.2) is 32.2 Å². The number of carboxylic acids is 1. The van der Waals surface area contributed by atoms with Gasteiger partial charge in [-0.05, 0) is 19.8 Å². The minimum absolute atomic E-state index is 0.0804. The number of hydrogen-bond donors (Lipinski definition) is 3. The van der Waals surface area contributed by atoms with Crippen molar-refractivity contribution in [3.05, 3.63) is 5.82 Å². The van der Waals surface area contributed by atoms with E-state index in [2.05, 4.69) is 20.5 Å². The first-order valence-corrected chi connectivity index (χ1v) is 5.85. The van der Waals surface area contributed by atoms with Gasteiger partial charge in [0.1, 0.15) is 5.82 Å². The number of rotatable bonds is 6. The molecular formula is C11H18N4O3. The molecule has 1 heterocycles. The maximum absolute atomic E-state index is 11.8. The summed E-state index contributed by atoms with van der Waals surface area (Å²) < 4.78 is 0. The van der Waals surface area contributed by atoms with E-state index in [-0.39, 0.29) is 18.3 Å². The largest absolute Gasteiger partial charge is 0.481 e. The Hall–Kier alpha value is -1.92. The zero-order valence-corrected chi connectivity index (χ0v) is 10.8. The maximum Gasteiger partial charge on any atom is 0.310 e. The molecule has 100 valence electrons. The van der Waals surface area contributed by atoms with E-state index < -0.39 is 11.4 Å². The highest BCUT2D eigenvalue weighted by Gasteiger charge is 2.37. The van der Waals surface area contributed by atoms with Crippen LogP contribution in [-0.2, 0) is 9.59 Å². The van der Waals surface area contributed by atoms with E-state index in [0.29, 0.717) is 18.7 Å². The van der Waals surface area contributed by atoms with Crippen molar-refractivity contribution in [2.24, 2.45) is 5.41 Å². The van der Waals surface area contributed by atoms with E-state index in [9.17, 15) is 14.7 Å². The molecule has 0 unspecified atom stereocenters. The van der Waals surface area contributed by atoms with Gasteiger partial charge in [-0.1, -0.05) is 13.8 Å². The van der Waals surface area contributed by atoms with Crippen molar-refractivity contribution in [2.75, 3.05) is 5.32 Å². The highest BCUT2D eigenvalue weighted by atomic mass is 16.4. The number of hydrogen-bond acceptors (Lipinski definition) is 4. The summed E-state index contributed by atoms with van der Waals surface area (Å²) >= 11 is 0. The topological polar surface area (TPSA) is 108 Å². The monoisotopic (exact) mass is 254 g/mol. The van der Waals surface area contributed by atoms with Crippen LogP contribution < -0.4 is 5.32 Å². The average Bonchev–Trinajstić information content (AvgIpc) is 2.71. The molecule has 18 heavy (non-hydrogen) atoms. The van der Waals surface area contributed by atoms with Gasteiger partial charge in [0.25, 0.3) is 0 Å². The number of nitrogens with one attached hydrogen (secondary N) is 2. The maximum atomic E-state index is 11.8. The molecule has 0 saturated carbocycles. The fourth-order valence-electron chi connectivity index (χ4n) is 1.75. The summed E-state index contributed by atoms with van der Waals surface area (Å²) in [7, 11) is 0. The molecule has 0 radical (unpaired) electrons. The number of carboxylic acid groups (broad SMARTS) is 1. The molecule has 1 rings (SSSR count). The molecule has 3 N–H and O–H groups in total. The lowest BCUT2D eigenvalue weighted by Crippen LogP contribution is -2.34. The third-order valence-corrected chi connectivity index (χ3v) is 3.15. The number of carbonyl (C=O) groups excluding carboxylic acids is 1. The second-order valence-corrected chi connectivity index (χ2v) is 4.26. The van der Waals surface area contributed by atoms with Gasteiger partial charge < -0.3 is 5.11 Å². The van der Waals surface area contributed by atoms with E-state index in [1.807, 2.05) is 0 Å². The summed E-state index contributed by atoms with van der Waals surface area (Å²) in [6, 6.07) is 0. The molecule has 1 aromatic heterocycles. The normalized spacial score (nSPS) is 11.3. The van der Waals surface area contributed by atoms with Crippen molar-refractivity contribution >= 4 is 17.8 Å². The van der Waals surface area contributed by atoms with Gasteiger partial charge >= 0.3 is 5.97 Å². The number of aryl methyl sites for hydroxylation is 1. The molecule has 1 amide bonds. The van der Waals surface area contributed by atoms with E-state index in [4.69, 9.17) is 0 Å². The van der Waals surface area contributed by atoms with Gasteiger partial charge in [-0.2, -0.15) is 4.98 Å². The van der Waals surface area contributed by atoms with Crippen LogP contribution in [0.5, 0.6) is 0 Å². The number of amides is 1. The molecule has 1 aromatic rings. The second kappa shape index (κ2) is 5.61. The van der Waals surface area contributed by atoms with Gasteiger partial charge in [-0.25, -0.2) is 0 Å². The third kappa shape index (κ3) is 3.06. The first-order valence-electron chi connectivity index (χ1n) is 5.85. The van der Waals surface area contributed by atoms with Gasteiger partial charge in [0.15, 0.2) is 0 Å². The van der Waals surface area contributed by atoms with Crippen molar-refractivity contribution in [1.82, 2.24) is 15.2 Å². The number of nitrogens with zero attached hydrogens (tertiary/aromatic N) is 2. The number of aliphatic carboxylic acids is 1. The minimum atomic E-state index is -1.02. The van der Waals surface area contributed by atoms with Gasteiger partial charge in [0.05, 0.1) is 5.41 Å². The highest BCUT2D eigenvalue weighted by Crippen LogP contribution is 2.31. The Labute approximate surface area is 105 Å². The Morgan fingerprint density at radius 3 is 2.39 bits per heavy atom. The summed E-state index contributed by atoms with van der Waals surface area (Å²) in [5, 5.41) is 18.1. The van der Waals surface area contributed by atoms with Gasteiger partial charge in [0, 0.05) is 6.42 Å². The van der Waals surface area contributed by atoms with Crippen LogP contribution in [0.25, 0.3) is 0 Å². The first kappa shape index (κ1) is 14.1. The first-order chi connectivity index (χ1) is 8.43. The number of aromatic nitrogens is 3. The van der Waals surface area contributed by atoms with Crippen LogP contribution in [0.3, 0.4) is 0 Å². The van der Waals surface area contributed by atoms with Crippen LogP contribution in [0.15, 0.2) is 0 Å². The Morgan fingerprint density at radius 1 is 1.39 bits per heavy atom. The molecule has 0 aromatic carbocycles. The van der Waals surface area contributed by atoms with Crippen molar-refractivity contribution in [2.45, 2.75) is 40.0 Å². The molecule has 0 atom stereocenters. The Balaban J connectivity index is 2.70. The average molecular weight is 254 g/mol. The van der Waals surface area contributed by atoms with Crippen molar-refractivity contribution < 1.29 is 14.7 Å². The second-order valence-electron chi connectivity index (χ2n) is 4.26.